The van der Waals surface area contributed by atoms with Crippen molar-refractivity contribution < 1.29 is 38.9 Å². The molecule has 3 amide bonds. The fourth-order valence-corrected chi connectivity index (χ4v) is 5.42. The van der Waals surface area contributed by atoms with Crippen LogP contribution < -0.4 is 10.2 Å². The summed E-state index contributed by atoms with van der Waals surface area (Å²) in [6, 6.07) is 14.7. The number of nitrogens with zero attached hydrogens (tertiary/aromatic N) is 2. The number of carbonyl (C=O) groups is 5. The third kappa shape index (κ3) is 6.35. The normalized spacial score (nSPS) is 14.0. The number of ether oxygens (including phenoxy) is 1. The number of carboxylic acid groups (broad SMARTS) is 2. The minimum atomic E-state index is -1.76. The summed E-state index contributed by atoms with van der Waals surface area (Å²) in [5.74, 6) is -4.68. The molecule has 3 aromatic carbocycles. The number of aliphatic carboxylic acids is 1. The molecule has 0 saturated heterocycles. The van der Waals surface area contributed by atoms with Crippen LogP contribution in [0.2, 0.25) is 0 Å². The fourth-order valence-electron chi connectivity index (χ4n) is 5.42. The number of rotatable bonds is 8. The van der Waals surface area contributed by atoms with Crippen LogP contribution in [-0.2, 0) is 19.1 Å². The molecule has 0 heterocycles. The van der Waals surface area contributed by atoms with E-state index in [9.17, 15) is 34.2 Å². The Kier molecular flexibility index (Phi) is 9.41. The highest BCUT2D eigenvalue weighted by molar-refractivity contribution is 6.40. The van der Waals surface area contributed by atoms with Gasteiger partial charge in [0.2, 0.25) is 0 Å². The molecule has 4 rings (SSSR count). The van der Waals surface area contributed by atoms with Gasteiger partial charge in [-0.1, -0.05) is 55.7 Å². The minimum Gasteiger partial charge on any atom is -0.478 e. The molecule has 0 aromatic heterocycles. The maximum absolute atomic E-state index is 13.5. The maximum Gasteiger partial charge on any atom is 0.416 e. The van der Waals surface area contributed by atoms with Crippen LogP contribution in [0.1, 0.15) is 49.4 Å². The third-order valence-electron chi connectivity index (χ3n) is 7.47. The number of para-hydroxylation sites is 1. The number of fused-ring (bicyclic) bond motifs is 1. The lowest BCUT2D eigenvalue weighted by Gasteiger charge is -2.30. The molecular formula is C31H33N3O8. The molecule has 3 aromatic rings. The van der Waals surface area contributed by atoms with Gasteiger partial charge in [0.05, 0.1) is 24.0 Å². The molecule has 1 fully saturated rings. The van der Waals surface area contributed by atoms with Gasteiger partial charge in [-0.05, 0) is 49.9 Å². The van der Waals surface area contributed by atoms with Crippen molar-refractivity contribution in [1.29, 1.82) is 0 Å². The van der Waals surface area contributed by atoms with E-state index in [1.807, 2.05) is 0 Å². The Morgan fingerprint density at radius 3 is 2.17 bits per heavy atom. The largest absolute Gasteiger partial charge is 0.478 e. The van der Waals surface area contributed by atoms with E-state index in [0.29, 0.717) is 16.5 Å². The first kappa shape index (κ1) is 30.0. The number of amides is 3. The lowest BCUT2D eigenvalue weighted by molar-refractivity contribution is -0.148. The Balaban J connectivity index is 1.71. The molecule has 1 atom stereocenters. The molecule has 0 bridgehead atoms. The van der Waals surface area contributed by atoms with Crippen molar-refractivity contribution in [2.24, 2.45) is 5.92 Å². The van der Waals surface area contributed by atoms with Crippen molar-refractivity contribution in [3.8, 4) is 0 Å². The summed E-state index contributed by atoms with van der Waals surface area (Å²) in [7, 11) is 1.24. The van der Waals surface area contributed by atoms with Gasteiger partial charge in [-0.15, -0.1) is 0 Å². The molecule has 42 heavy (non-hydrogen) atoms. The number of methoxy groups -OCH3 is 1. The van der Waals surface area contributed by atoms with Gasteiger partial charge >= 0.3 is 23.9 Å². The van der Waals surface area contributed by atoms with Crippen LogP contribution in [0, 0.1) is 5.92 Å². The van der Waals surface area contributed by atoms with Crippen molar-refractivity contribution in [1.82, 2.24) is 4.90 Å². The number of hydrogen-bond donors (Lipinski definition) is 3. The van der Waals surface area contributed by atoms with Gasteiger partial charge in [0.25, 0.3) is 5.91 Å². The standard InChI is InChI=1S/C31H33N3O8/c1-19(27(35)33(31(41)42-2)18-20-10-4-3-5-11-20)32-24-16-17-26(22-13-7-6-12-21(22)24)34(28(36)30(39)40)25-15-9-8-14-23(25)29(37)38/h6-9,12-17,19-20,32H,3-5,10-11,18H2,1-2H3,(H,37,38)(H,39,40)/t19-/m0/s1. The Labute approximate surface area is 242 Å². The number of hydrogen-bond acceptors (Lipinski definition) is 7. The van der Waals surface area contributed by atoms with Crippen molar-refractivity contribution in [2.75, 3.05) is 23.9 Å². The highest BCUT2D eigenvalue weighted by Gasteiger charge is 2.32. The molecule has 0 aliphatic heterocycles. The SMILES string of the molecule is COC(=O)N(CC1CCCCC1)C(=O)[C@H](C)Nc1ccc(N(C(=O)C(=O)O)c2ccccc2C(=O)O)c2ccccc12. The van der Waals surface area contributed by atoms with E-state index in [1.54, 1.807) is 37.3 Å². The van der Waals surface area contributed by atoms with Gasteiger partial charge in [0, 0.05) is 23.0 Å². The van der Waals surface area contributed by atoms with E-state index in [2.05, 4.69) is 5.32 Å². The number of benzene rings is 3. The number of imide groups is 1. The minimum absolute atomic E-state index is 0.108. The number of anilines is 3. The van der Waals surface area contributed by atoms with Crippen LogP contribution in [0.4, 0.5) is 21.9 Å². The topological polar surface area (TPSA) is 154 Å². The average Bonchev–Trinajstić information content (AvgIpc) is 3.00. The molecular weight excluding hydrogens is 542 g/mol. The van der Waals surface area contributed by atoms with Gasteiger partial charge in [-0.2, -0.15) is 0 Å². The number of nitrogens with one attached hydrogen (secondary N) is 1. The van der Waals surface area contributed by atoms with Crippen LogP contribution in [0.5, 0.6) is 0 Å². The highest BCUT2D eigenvalue weighted by Crippen LogP contribution is 2.38. The van der Waals surface area contributed by atoms with Crippen LogP contribution in [0.15, 0.2) is 60.7 Å². The molecule has 0 unspecified atom stereocenters. The van der Waals surface area contributed by atoms with Gasteiger partial charge in [-0.25, -0.2) is 19.3 Å². The van der Waals surface area contributed by atoms with Crippen molar-refractivity contribution in [3.63, 3.8) is 0 Å². The summed E-state index contributed by atoms with van der Waals surface area (Å²) in [6.07, 6.45) is 4.40. The molecule has 1 aliphatic rings. The second-order valence-corrected chi connectivity index (χ2v) is 10.2. The molecule has 1 saturated carbocycles. The Hall–Kier alpha value is -4.93. The monoisotopic (exact) mass is 575 g/mol. The summed E-state index contributed by atoms with van der Waals surface area (Å²) >= 11 is 0. The number of aromatic carboxylic acids is 1. The predicted molar refractivity (Wildman–Crippen MR) is 156 cm³/mol. The molecule has 0 radical (unpaired) electrons. The number of carboxylic acids is 2. The summed E-state index contributed by atoms with van der Waals surface area (Å²) in [6.45, 7) is 1.90. The van der Waals surface area contributed by atoms with Crippen LogP contribution in [-0.4, -0.2) is 64.7 Å². The van der Waals surface area contributed by atoms with E-state index < -0.39 is 35.9 Å². The zero-order chi connectivity index (χ0) is 30.4. The summed E-state index contributed by atoms with van der Waals surface area (Å²) in [5.41, 5.74) is 0.276. The van der Waals surface area contributed by atoms with E-state index in [-0.39, 0.29) is 29.4 Å². The first-order valence-corrected chi connectivity index (χ1v) is 13.7. The van der Waals surface area contributed by atoms with Crippen LogP contribution in [0.25, 0.3) is 10.8 Å². The van der Waals surface area contributed by atoms with Crippen molar-refractivity contribution in [3.05, 3.63) is 66.2 Å². The van der Waals surface area contributed by atoms with Crippen molar-refractivity contribution in [2.45, 2.75) is 45.1 Å². The highest BCUT2D eigenvalue weighted by atomic mass is 16.5. The summed E-state index contributed by atoms with van der Waals surface area (Å²) in [4.78, 5) is 64.8. The van der Waals surface area contributed by atoms with Gasteiger partial charge in [-0.3, -0.25) is 14.5 Å². The first-order valence-electron chi connectivity index (χ1n) is 13.7. The van der Waals surface area contributed by atoms with Crippen molar-refractivity contribution >= 4 is 57.7 Å². The van der Waals surface area contributed by atoms with E-state index in [4.69, 9.17) is 4.74 Å². The van der Waals surface area contributed by atoms with Gasteiger partial charge in [0.15, 0.2) is 0 Å². The zero-order valence-electron chi connectivity index (χ0n) is 23.4. The Morgan fingerprint density at radius 2 is 1.52 bits per heavy atom. The van der Waals surface area contributed by atoms with E-state index in [1.165, 1.54) is 37.4 Å². The first-order chi connectivity index (χ1) is 20.1. The quantitative estimate of drug-likeness (QED) is 0.305. The van der Waals surface area contributed by atoms with Gasteiger partial charge in [0.1, 0.15) is 6.04 Å². The Bertz CT molecular complexity index is 1520. The number of carbonyl (C=O) groups excluding carboxylic acids is 3. The molecule has 11 nitrogen and oxygen atoms in total. The fraction of sp³-hybridized carbons (Fsp3) is 0.323. The zero-order valence-corrected chi connectivity index (χ0v) is 23.4. The van der Waals surface area contributed by atoms with E-state index in [0.717, 1.165) is 41.9 Å². The third-order valence-corrected chi connectivity index (χ3v) is 7.47. The second-order valence-electron chi connectivity index (χ2n) is 10.2. The molecule has 220 valence electrons. The lowest BCUT2D eigenvalue weighted by Crippen LogP contribution is -2.47. The molecule has 3 N–H and O–H groups in total. The molecule has 11 heteroatoms. The van der Waals surface area contributed by atoms with E-state index >= 15 is 0 Å². The van der Waals surface area contributed by atoms with Crippen LogP contribution >= 0.6 is 0 Å². The van der Waals surface area contributed by atoms with Crippen LogP contribution in [0.3, 0.4) is 0 Å². The summed E-state index contributed by atoms with van der Waals surface area (Å²) < 4.78 is 4.91. The Morgan fingerprint density at radius 1 is 0.881 bits per heavy atom. The average molecular weight is 576 g/mol. The van der Waals surface area contributed by atoms with Gasteiger partial charge < -0.3 is 20.3 Å². The smallest absolute Gasteiger partial charge is 0.416 e. The second kappa shape index (κ2) is 13.2. The lowest BCUT2D eigenvalue weighted by atomic mass is 9.89. The molecule has 0 spiro atoms. The predicted octanol–water partition coefficient (Wildman–Crippen LogP) is 5.26. The summed E-state index contributed by atoms with van der Waals surface area (Å²) in [5, 5.41) is 23.5. The maximum atomic E-state index is 13.5. The molecule has 1 aliphatic carbocycles.